The van der Waals surface area contributed by atoms with Crippen LogP contribution in [0.2, 0.25) is 5.02 Å². The number of rotatable bonds is 1. The molecule has 2 saturated carbocycles. The lowest BCUT2D eigenvalue weighted by Gasteiger charge is -2.59. The second-order valence-electron chi connectivity index (χ2n) is 12.9. The number of carbonyl (C=O) groups is 2. The molecule has 0 bridgehead atoms. The highest BCUT2D eigenvalue weighted by Gasteiger charge is 2.58. The van der Waals surface area contributed by atoms with E-state index in [4.69, 9.17) is 11.6 Å². The topological polar surface area (TPSA) is 49.4 Å². The highest BCUT2D eigenvalue weighted by atomic mass is 35.5. The van der Waals surface area contributed by atoms with Crippen LogP contribution in [0.25, 0.3) is 0 Å². The predicted octanol–water partition coefficient (Wildman–Crippen LogP) is 7.57. The summed E-state index contributed by atoms with van der Waals surface area (Å²) in [7, 11) is 0. The number of carbonyl (C=O) groups excluding carboxylic acids is 2. The molecule has 3 fully saturated rings. The molecule has 2 amide bonds. The first-order valence-corrected chi connectivity index (χ1v) is 13.4. The molecule has 1 aromatic carbocycles. The number of benzene rings is 1. The molecule has 184 valence electrons. The fourth-order valence-electron chi connectivity index (χ4n) is 7.95. The average Bonchev–Trinajstić information content (AvgIpc) is 3.15. The Kier molecular flexibility index (Phi) is 5.71. The normalized spacial score (nSPS) is 35.2. The molecule has 0 unspecified atom stereocenters. The third-order valence-electron chi connectivity index (χ3n) is 9.77. The number of hydrogen-bond acceptors (Lipinski definition) is 2. The van der Waals surface area contributed by atoms with Crippen molar-refractivity contribution in [2.45, 2.75) is 85.0 Å². The third kappa shape index (κ3) is 3.81. The number of urea groups is 1. The standard InChI is InChI=1S/C29H39ClN2O2/c1-27(2,3)23-9-8-18(30)15-24(23)31-26(34)32-17-20-21-7-6-12-28(21,4)13-11-22(20)29(5)14-10-19(33)16-25(29)32/h8-9,15-16,20-22H,6-7,10-14,17H2,1-5H3,(H,31,34)/t20-,21-,22-,28-,29+/m0/s1. The van der Waals surface area contributed by atoms with Gasteiger partial charge in [-0.2, -0.15) is 0 Å². The number of anilines is 1. The van der Waals surface area contributed by atoms with Crippen LogP contribution in [0, 0.1) is 28.6 Å². The molecule has 5 rings (SSSR count). The van der Waals surface area contributed by atoms with Gasteiger partial charge in [0, 0.05) is 40.9 Å². The number of halogens is 1. The fraction of sp³-hybridized carbons (Fsp3) is 0.655. The van der Waals surface area contributed by atoms with Crippen molar-refractivity contribution in [1.82, 2.24) is 4.90 Å². The zero-order valence-electron chi connectivity index (χ0n) is 21.3. The minimum absolute atomic E-state index is 0.126. The fourth-order valence-corrected chi connectivity index (χ4v) is 8.12. The molecular formula is C29H39ClN2O2. The van der Waals surface area contributed by atoms with E-state index in [1.165, 1.54) is 32.1 Å². The quantitative estimate of drug-likeness (QED) is 0.448. The smallest absolute Gasteiger partial charge is 0.307 e. The molecule has 1 aliphatic heterocycles. The van der Waals surface area contributed by atoms with E-state index in [1.54, 1.807) is 6.08 Å². The Balaban J connectivity index is 1.52. The van der Waals surface area contributed by atoms with Gasteiger partial charge in [-0.3, -0.25) is 9.69 Å². The Labute approximate surface area is 209 Å². The van der Waals surface area contributed by atoms with Gasteiger partial charge in [-0.05, 0) is 78.4 Å². The number of nitrogens with zero attached hydrogens (tertiary/aromatic N) is 1. The number of piperidine rings is 1. The summed E-state index contributed by atoms with van der Waals surface area (Å²) in [6.07, 6.45) is 9.57. The van der Waals surface area contributed by atoms with E-state index in [2.05, 4.69) is 39.9 Å². The van der Waals surface area contributed by atoms with Crippen molar-refractivity contribution in [3.8, 4) is 0 Å². The molecule has 0 spiro atoms. The summed E-state index contributed by atoms with van der Waals surface area (Å²) < 4.78 is 0. The third-order valence-corrected chi connectivity index (χ3v) is 10.0. The van der Waals surface area contributed by atoms with Gasteiger partial charge in [0.15, 0.2) is 5.78 Å². The minimum Gasteiger partial charge on any atom is -0.307 e. The SMILES string of the molecule is CC(C)(C)c1ccc(Cl)cc1NC(=O)N1C[C@H]2[C@@H]3CCC[C@@]3(C)CC[C@@H]2[C@@]2(C)CCC(=O)C=C12. The summed E-state index contributed by atoms with van der Waals surface area (Å²) in [4.78, 5) is 28.4. The Morgan fingerprint density at radius 2 is 1.88 bits per heavy atom. The zero-order chi connectivity index (χ0) is 24.5. The highest BCUT2D eigenvalue weighted by molar-refractivity contribution is 6.31. The summed E-state index contributed by atoms with van der Waals surface area (Å²) in [5, 5.41) is 3.81. The molecular weight excluding hydrogens is 444 g/mol. The van der Waals surface area contributed by atoms with Gasteiger partial charge in [0.2, 0.25) is 0 Å². The van der Waals surface area contributed by atoms with Crippen LogP contribution in [-0.4, -0.2) is 23.3 Å². The summed E-state index contributed by atoms with van der Waals surface area (Å²) in [6.45, 7) is 11.9. The lowest BCUT2D eigenvalue weighted by molar-refractivity contribution is -0.118. The van der Waals surface area contributed by atoms with E-state index in [1.807, 2.05) is 23.1 Å². The van der Waals surface area contributed by atoms with Crippen molar-refractivity contribution in [1.29, 1.82) is 0 Å². The monoisotopic (exact) mass is 482 g/mol. The van der Waals surface area contributed by atoms with Crippen LogP contribution in [-0.2, 0) is 10.2 Å². The van der Waals surface area contributed by atoms with Gasteiger partial charge in [0.1, 0.15) is 0 Å². The van der Waals surface area contributed by atoms with Crippen LogP contribution < -0.4 is 5.32 Å². The summed E-state index contributed by atoms with van der Waals surface area (Å²) in [5.41, 5.74) is 2.88. The van der Waals surface area contributed by atoms with Crippen molar-refractivity contribution in [3.05, 3.63) is 40.6 Å². The van der Waals surface area contributed by atoms with Crippen molar-refractivity contribution >= 4 is 29.1 Å². The summed E-state index contributed by atoms with van der Waals surface area (Å²) in [6, 6.07) is 5.60. The molecule has 3 aliphatic carbocycles. The van der Waals surface area contributed by atoms with Gasteiger partial charge >= 0.3 is 6.03 Å². The maximum Gasteiger partial charge on any atom is 0.326 e. The number of likely N-dealkylation sites (tertiary alicyclic amines) is 1. The first-order chi connectivity index (χ1) is 15.9. The molecule has 5 heteroatoms. The van der Waals surface area contributed by atoms with Crippen LogP contribution in [0.15, 0.2) is 30.0 Å². The Morgan fingerprint density at radius 1 is 1.12 bits per heavy atom. The van der Waals surface area contributed by atoms with Crippen molar-refractivity contribution in [3.63, 3.8) is 0 Å². The van der Waals surface area contributed by atoms with Crippen molar-refractivity contribution in [2.24, 2.45) is 28.6 Å². The van der Waals surface area contributed by atoms with Gasteiger partial charge in [-0.15, -0.1) is 0 Å². The molecule has 1 saturated heterocycles. The van der Waals surface area contributed by atoms with Gasteiger partial charge < -0.3 is 5.32 Å². The van der Waals surface area contributed by atoms with Crippen molar-refractivity contribution < 1.29 is 9.59 Å². The number of nitrogens with one attached hydrogen (secondary N) is 1. The van der Waals surface area contributed by atoms with E-state index in [0.717, 1.165) is 23.4 Å². The summed E-state index contributed by atoms with van der Waals surface area (Å²) >= 11 is 6.33. The number of fused-ring (bicyclic) bond motifs is 5. The lowest BCUT2D eigenvalue weighted by Crippen LogP contribution is -2.59. The Hall–Kier alpha value is -1.81. The molecule has 0 radical (unpaired) electrons. The molecule has 1 heterocycles. The highest BCUT2D eigenvalue weighted by Crippen LogP contribution is 2.64. The molecule has 0 aromatic heterocycles. The van der Waals surface area contributed by atoms with Crippen LogP contribution in [0.1, 0.15) is 85.1 Å². The van der Waals surface area contributed by atoms with Gasteiger partial charge in [-0.1, -0.05) is 58.7 Å². The van der Waals surface area contributed by atoms with Gasteiger partial charge in [0.05, 0.1) is 0 Å². The lowest BCUT2D eigenvalue weighted by atomic mass is 9.50. The molecule has 1 N–H and O–H groups in total. The Morgan fingerprint density at radius 3 is 2.62 bits per heavy atom. The molecule has 4 aliphatic rings. The van der Waals surface area contributed by atoms with E-state index in [-0.39, 0.29) is 22.6 Å². The average molecular weight is 483 g/mol. The first kappa shape index (κ1) is 23.9. The number of allylic oxidation sites excluding steroid dienone is 2. The van der Waals surface area contributed by atoms with Crippen LogP contribution in [0.5, 0.6) is 0 Å². The maximum atomic E-state index is 13.9. The minimum atomic E-state index is -0.135. The van der Waals surface area contributed by atoms with Gasteiger partial charge in [-0.25, -0.2) is 4.79 Å². The van der Waals surface area contributed by atoms with E-state index in [0.29, 0.717) is 41.2 Å². The van der Waals surface area contributed by atoms with Crippen LogP contribution in [0.4, 0.5) is 10.5 Å². The first-order valence-electron chi connectivity index (χ1n) is 13.1. The molecule has 4 nitrogen and oxygen atoms in total. The van der Waals surface area contributed by atoms with E-state index >= 15 is 0 Å². The number of hydrogen-bond donors (Lipinski definition) is 1. The van der Waals surface area contributed by atoms with E-state index < -0.39 is 0 Å². The number of ketones is 1. The second kappa shape index (κ2) is 8.11. The molecule has 5 atom stereocenters. The van der Waals surface area contributed by atoms with Crippen LogP contribution >= 0.6 is 11.6 Å². The van der Waals surface area contributed by atoms with Gasteiger partial charge in [0.25, 0.3) is 0 Å². The predicted molar refractivity (Wildman–Crippen MR) is 138 cm³/mol. The van der Waals surface area contributed by atoms with Crippen LogP contribution in [0.3, 0.4) is 0 Å². The van der Waals surface area contributed by atoms with E-state index in [9.17, 15) is 9.59 Å². The molecule has 1 aromatic rings. The van der Waals surface area contributed by atoms with Crippen molar-refractivity contribution in [2.75, 3.05) is 11.9 Å². The Bertz CT molecular complexity index is 1060. The number of amides is 2. The zero-order valence-corrected chi connectivity index (χ0v) is 22.1. The maximum absolute atomic E-state index is 13.9. The summed E-state index contributed by atoms with van der Waals surface area (Å²) in [5.74, 6) is 1.84. The second-order valence-corrected chi connectivity index (χ2v) is 13.3. The largest absolute Gasteiger partial charge is 0.326 e. The molecule has 34 heavy (non-hydrogen) atoms.